The van der Waals surface area contributed by atoms with Crippen molar-refractivity contribution in [3.8, 4) is 0 Å². The average molecular weight is 260 g/mol. The minimum absolute atomic E-state index is 0.105. The number of sulfone groups is 1. The zero-order valence-corrected chi connectivity index (χ0v) is 10.8. The van der Waals surface area contributed by atoms with Crippen molar-refractivity contribution in [1.29, 1.82) is 0 Å². The van der Waals surface area contributed by atoms with Gasteiger partial charge in [-0.3, -0.25) is 0 Å². The number of carbonyl (C=O) groups excluding carboxylic acids is 1. The first-order valence-electron chi connectivity index (χ1n) is 6.34. The summed E-state index contributed by atoms with van der Waals surface area (Å²) in [7, 11) is -2.95. The molecule has 2 fully saturated rings. The van der Waals surface area contributed by atoms with Crippen LogP contribution in [-0.2, 0) is 9.84 Å². The average Bonchev–Trinajstić information content (AvgIpc) is 2.66. The molecule has 0 aliphatic carbocycles. The first kappa shape index (κ1) is 12.7. The molecule has 2 aliphatic rings. The maximum atomic E-state index is 11.8. The van der Waals surface area contributed by atoms with E-state index in [0.29, 0.717) is 6.42 Å². The minimum Gasteiger partial charge on any atom is -0.337 e. The van der Waals surface area contributed by atoms with Crippen LogP contribution in [0.1, 0.15) is 32.1 Å². The summed E-state index contributed by atoms with van der Waals surface area (Å²) in [6.07, 6.45) is 4.69. The normalized spacial score (nSPS) is 28.0. The molecule has 5 nitrogen and oxygen atoms in total. The van der Waals surface area contributed by atoms with E-state index in [0.717, 1.165) is 32.4 Å². The van der Waals surface area contributed by atoms with Crippen LogP contribution in [0.4, 0.5) is 4.79 Å². The molecule has 0 radical (unpaired) electrons. The number of piperidine rings is 1. The van der Waals surface area contributed by atoms with E-state index in [-0.39, 0.29) is 23.6 Å². The second kappa shape index (κ2) is 5.25. The third-order valence-corrected chi connectivity index (χ3v) is 5.86. The molecule has 0 aromatic heterocycles. The van der Waals surface area contributed by atoms with Crippen molar-refractivity contribution in [2.75, 3.05) is 25.4 Å². The SMILES string of the molecule is O=C(NCC1CCCS1(=O)=O)N1CCCCC1. The van der Waals surface area contributed by atoms with Crippen LogP contribution >= 0.6 is 0 Å². The van der Waals surface area contributed by atoms with Crippen molar-refractivity contribution in [3.63, 3.8) is 0 Å². The number of amides is 2. The van der Waals surface area contributed by atoms with E-state index in [2.05, 4.69) is 5.32 Å². The Balaban J connectivity index is 1.79. The summed E-state index contributed by atoms with van der Waals surface area (Å²) in [5, 5.41) is 2.39. The number of carbonyl (C=O) groups is 1. The number of urea groups is 1. The van der Waals surface area contributed by atoms with Crippen molar-refractivity contribution in [2.45, 2.75) is 37.4 Å². The molecule has 0 aromatic carbocycles. The standard InChI is InChI=1S/C11H20N2O3S/c14-11(13-6-2-1-3-7-13)12-9-10-5-4-8-17(10,15)16/h10H,1-9H2,(H,12,14). The Labute approximate surface area is 102 Å². The van der Waals surface area contributed by atoms with Gasteiger partial charge in [0.15, 0.2) is 9.84 Å². The van der Waals surface area contributed by atoms with Gasteiger partial charge in [-0.2, -0.15) is 0 Å². The summed E-state index contributed by atoms with van der Waals surface area (Å²) in [5.41, 5.74) is 0. The largest absolute Gasteiger partial charge is 0.337 e. The van der Waals surface area contributed by atoms with Gasteiger partial charge < -0.3 is 10.2 Å². The molecule has 0 saturated carbocycles. The quantitative estimate of drug-likeness (QED) is 0.797. The summed E-state index contributed by atoms with van der Waals surface area (Å²) in [6.45, 7) is 1.87. The van der Waals surface area contributed by atoms with Gasteiger partial charge in [0.25, 0.3) is 0 Å². The summed E-state index contributed by atoms with van der Waals surface area (Å²) >= 11 is 0. The Kier molecular flexibility index (Phi) is 3.91. The van der Waals surface area contributed by atoms with Crippen LogP contribution in [0.25, 0.3) is 0 Å². The van der Waals surface area contributed by atoms with Crippen LogP contribution in [0.15, 0.2) is 0 Å². The summed E-state index contributed by atoms with van der Waals surface area (Å²) in [6, 6.07) is -0.105. The Morgan fingerprint density at radius 1 is 1.18 bits per heavy atom. The van der Waals surface area contributed by atoms with E-state index in [1.165, 1.54) is 6.42 Å². The van der Waals surface area contributed by atoms with Gasteiger partial charge in [0.1, 0.15) is 0 Å². The second-order valence-electron chi connectivity index (χ2n) is 4.86. The second-order valence-corrected chi connectivity index (χ2v) is 7.27. The molecule has 1 unspecified atom stereocenters. The first-order valence-corrected chi connectivity index (χ1v) is 8.05. The molecule has 17 heavy (non-hydrogen) atoms. The predicted octanol–water partition coefficient (Wildman–Crippen LogP) is 0.759. The minimum atomic E-state index is -2.95. The topological polar surface area (TPSA) is 66.5 Å². The van der Waals surface area contributed by atoms with Crippen LogP contribution in [0, 0.1) is 0 Å². The highest BCUT2D eigenvalue weighted by Crippen LogP contribution is 2.19. The Bertz CT molecular complexity index is 374. The lowest BCUT2D eigenvalue weighted by Crippen LogP contribution is -2.45. The Hall–Kier alpha value is -0.780. The number of hydrogen-bond donors (Lipinski definition) is 1. The molecule has 0 aromatic rings. The number of hydrogen-bond acceptors (Lipinski definition) is 3. The fourth-order valence-electron chi connectivity index (χ4n) is 2.50. The van der Waals surface area contributed by atoms with E-state index in [1.807, 2.05) is 0 Å². The first-order chi connectivity index (χ1) is 8.09. The van der Waals surface area contributed by atoms with E-state index in [9.17, 15) is 13.2 Å². The van der Waals surface area contributed by atoms with Gasteiger partial charge in [-0.25, -0.2) is 13.2 Å². The van der Waals surface area contributed by atoms with Crippen molar-refractivity contribution in [3.05, 3.63) is 0 Å². The van der Waals surface area contributed by atoms with Crippen LogP contribution < -0.4 is 5.32 Å². The van der Waals surface area contributed by atoms with E-state index in [1.54, 1.807) is 4.90 Å². The fourth-order valence-corrected chi connectivity index (χ4v) is 4.26. The lowest BCUT2D eigenvalue weighted by atomic mass is 10.1. The zero-order chi connectivity index (χ0) is 12.3. The molecular weight excluding hydrogens is 240 g/mol. The molecule has 2 amide bonds. The predicted molar refractivity (Wildman–Crippen MR) is 65.6 cm³/mol. The van der Waals surface area contributed by atoms with Gasteiger partial charge in [0, 0.05) is 19.6 Å². The molecule has 1 atom stereocenters. The molecule has 2 rings (SSSR count). The lowest BCUT2D eigenvalue weighted by Gasteiger charge is -2.27. The Morgan fingerprint density at radius 3 is 2.47 bits per heavy atom. The smallest absolute Gasteiger partial charge is 0.317 e. The van der Waals surface area contributed by atoms with Crippen molar-refractivity contribution in [1.82, 2.24) is 10.2 Å². The molecule has 2 heterocycles. The number of nitrogens with one attached hydrogen (secondary N) is 1. The van der Waals surface area contributed by atoms with Crippen LogP contribution in [-0.4, -0.2) is 50.0 Å². The zero-order valence-electron chi connectivity index (χ0n) is 10.0. The maximum Gasteiger partial charge on any atom is 0.317 e. The number of nitrogens with zero attached hydrogens (tertiary/aromatic N) is 1. The van der Waals surface area contributed by atoms with Gasteiger partial charge in [0.05, 0.1) is 11.0 Å². The van der Waals surface area contributed by atoms with Gasteiger partial charge in [-0.05, 0) is 32.1 Å². The van der Waals surface area contributed by atoms with Crippen molar-refractivity contribution >= 4 is 15.9 Å². The van der Waals surface area contributed by atoms with E-state index in [4.69, 9.17) is 0 Å². The van der Waals surface area contributed by atoms with E-state index < -0.39 is 9.84 Å². The fraction of sp³-hybridized carbons (Fsp3) is 0.909. The summed E-state index contributed by atoms with van der Waals surface area (Å²) in [4.78, 5) is 13.6. The highest BCUT2D eigenvalue weighted by Gasteiger charge is 2.31. The lowest BCUT2D eigenvalue weighted by molar-refractivity contribution is 0.186. The van der Waals surface area contributed by atoms with Gasteiger partial charge in [0.2, 0.25) is 0 Å². The third-order valence-electron chi connectivity index (χ3n) is 3.59. The monoisotopic (exact) mass is 260 g/mol. The Morgan fingerprint density at radius 2 is 1.88 bits per heavy atom. The molecule has 2 aliphatic heterocycles. The van der Waals surface area contributed by atoms with Gasteiger partial charge in [-0.15, -0.1) is 0 Å². The molecule has 2 saturated heterocycles. The van der Waals surface area contributed by atoms with Crippen molar-refractivity contribution < 1.29 is 13.2 Å². The highest BCUT2D eigenvalue weighted by molar-refractivity contribution is 7.92. The summed E-state index contributed by atoms with van der Waals surface area (Å²) in [5.74, 6) is 0.275. The molecule has 1 N–H and O–H groups in total. The van der Waals surface area contributed by atoms with E-state index >= 15 is 0 Å². The number of likely N-dealkylation sites (tertiary alicyclic amines) is 1. The van der Waals surface area contributed by atoms with Crippen LogP contribution in [0.2, 0.25) is 0 Å². The third kappa shape index (κ3) is 3.12. The maximum absolute atomic E-state index is 11.8. The molecule has 6 heteroatoms. The molecule has 98 valence electrons. The van der Waals surface area contributed by atoms with Crippen molar-refractivity contribution in [2.24, 2.45) is 0 Å². The molecule has 0 bridgehead atoms. The summed E-state index contributed by atoms with van der Waals surface area (Å²) < 4.78 is 23.2. The van der Waals surface area contributed by atoms with Gasteiger partial charge >= 0.3 is 6.03 Å². The van der Waals surface area contributed by atoms with Gasteiger partial charge in [-0.1, -0.05) is 0 Å². The van der Waals surface area contributed by atoms with Crippen LogP contribution in [0.3, 0.4) is 0 Å². The molecule has 0 spiro atoms. The molecular formula is C11H20N2O3S. The van der Waals surface area contributed by atoms with Crippen LogP contribution in [0.5, 0.6) is 0 Å². The highest BCUT2D eigenvalue weighted by atomic mass is 32.2. The number of rotatable bonds is 2.